The third kappa shape index (κ3) is 4.42. The number of benzene rings is 2. The Hall–Kier alpha value is -1.69. The zero-order valence-electron chi connectivity index (χ0n) is 17.4. The molecular weight excluding hydrogens is 380 g/mol. The molecule has 2 fully saturated rings. The second-order valence-electron chi connectivity index (χ2n) is 9.00. The van der Waals surface area contributed by atoms with Gasteiger partial charge in [0.1, 0.15) is 0 Å². The molecule has 0 spiro atoms. The van der Waals surface area contributed by atoms with Crippen LogP contribution in [0.25, 0.3) is 0 Å². The van der Waals surface area contributed by atoms with Gasteiger partial charge in [-0.05, 0) is 56.2 Å². The lowest BCUT2D eigenvalue weighted by Crippen LogP contribution is -2.46. The minimum absolute atomic E-state index is 0.369. The van der Waals surface area contributed by atoms with E-state index in [0.717, 1.165) is 6.42 Å². The molecule has 0 amide bonds. The molecular formula is C24H32N2O2S. The van der Waals surface area contributed by atoms with Crippen molar-refractivity contribution in [2.75, 3.05) is 19.8 Å². The SMILES string of the molecule is CN1C2CCC1CC(CC(CNS(C)(=O)=O)(c1ccccc1)c1ccccc1)C2. The van der Waals surface area contributed by atoms with Crippen LogP contribution in [0.5, 0.6) is 0 Å². The summed E-state index contributed by atoms with van der Waals surface area (Å²) in [6.07, 6.45) is 7.21. The summed E-state index contributed by atoms with van der Waals surface area (Å²) in [5.74, 6) is 0.588. The highest BCUT2D eigenvalue weighted by Gasteiger charge is 2.43. The molecule has 2 heterocycles. The molecule has 0 radical (unpaired) electrons. The smallest absolute Gasteiger partial charge is 0.208 e. The van der Waals surface area contributed by atoms with Gasteiger partial charge in [-0.1, -0.05) is 60.7 Å². The lowest BCUT2D eigenvalue weighted by Gasteiger charge is -2.43. The topological polar surface area (TPSA) is 49.4 Å². The molecule has 2 atom stereocenters. The third-order valence-electron chi connectivity index (χ3n) is 7.12. The Kier molecular flexibility index (Phi) is 5.83. The van der Waals surface area contributed by atoms with Crippen LogP contribution in [-0.2, 0) is 15.4 Å². The monoisotopic (exact) mass is 412 g/mol. The zero-order chi connectivity index (χ0) is 20.5. The first-order valence-corrected chi connectivity index (χ1v) is 12.5. The van der Waals surface area contributed by atoms with Gasteiger partial charge in [-0.2, -0.15) is 0 Å². The molecule has 2 saturated heterocycles. The van der Waals surface area contributed by atoms with Crippen LogP contribution in [-0.4, -0.2) is 45.2 Å². The standard InChI is InChI=1S/C24H32N2O2S/c1-26-22-13-14-23(26)16-19(15-22)17-24(18-25-29(2,27)28,20-9-5-3-6-10-20)21-11-7-4-8-12-21/h3-12,19,22-23,25H,13-18H2,1-2H3. The molecule has 5 heteroatoms. The molecule has 156 valence electrons. The molecule has 0 aromatic heterocycles. The second kappa shape index (κ2) is 8.21. The van der Waals surface area contributed by atoms with Gasteiger partial charge in [0.2, 0.25) is 10.0 Å². The lowest BCUT2D eigenvalue weighted by molar-refractivity contribution is 0.119. The summed E-state index contributed by atoms with van der Waals surface area (Å²) in [6.45, 7) is 0.390. The molecule has 0 aliphatic carbocycles. The molecule has 1 N–H and O–H groups in total. The van der Waals surface area contributed by atoms with Crippen LogP contribution >= 0.6 is 0 Å². The van der Waals surface area contributed by atoms with E-state index in [1.54, 1.807) is 0 Å². The minimum atomic E-state index is -3.29. The number of fused-ring (bicyclic) bond motifs is 2. The lowest BCUT2D eigenvalue weighted by atomic mass is 9.67. The van der Waals surface area contributed by atoms with Crippen molar-refractivity contribution in [3.63, 3.8) is 0 Å². The van der Waals surface area contributed by atoms with Crippen LogP contribution in [0.2, 0.25) is 0 Å². The molecule has 2 aliphatic heterocycles. The normalized spacial score (nSPS) is 25.2. The Bertz CT molecular complexity index is 861. The van der Waals surface area contributed by atoms with Crippen molar-refractivity contribution in [1.82, 2.24) is 9.62 Å². The highest BCUT2D eigenvalue weighted by molar-refractivity contribution is 7.88. The van der Waals surface area contributed by atoms with E-state index in [0.29, 0.717) is 24.5 Å². The minimum Gasteiger partial charge on any atom is -0.300 e. The summed E-state index contributed by atoms with van der Waals surface area (Å²) in [4.78, 5) is 2.57. The second-order valence-corrected chi connectivity index (χ2v) is 10.8. The van der Waals surface area contributed by atoms with Gasteiger partial charge >= 0.3 is 0 Å². The number of sulfonamides is 1. The van der Waals surface area contributed by atoms with Crippen molar-refractivity contribution in [2.45, 2.75) is 49.6 Å². The molecule has 2 unspecified atom stereocenters. The molecule has 0 saturated carbocycles. The van der Waals surface area contributed by atoms with Crippen LogP contribution in [0, 0.1) is 5.92 Å². The van der Waals surface area contributed by atoms with E-state index in [-0.39, 0.29) is 5.41 Å². The average Bonchev–Trinajstić information content (AvgIpc) is 2.92. The van der Waals surface area contributed by atoms with E-state index < -0.39 is 10.0 Å². The summed E-state index contributed by atoms with van der Waals surface area (Å²) in [5.41, 5.74) is 2.01. The van der Waals surface area contributed by atoms with Crippen molar-refractivity contribution < 1.29 is 8.42 Å². The Labute approximate surface area is 175 Å². The first-order chi connectivity index (χ1) is 13.9. The first kappa shape index (κ1) is 20.6. The number of hydrogen-bond acceptors (Lipinski definition) is 3. The number of piperidine rings is 1. The van der Waals surface area contributed by atoms with Crippen molar-refractivity contribution in [1.29, 1.82) is 0 Å². The average molecular weight is 413 g/mol. The highest BCUT2D eigenvalue weighted by Crippen LogP contribution is 2.45. The Morgan fingerprint density at radius 3 is 1.86 bits per heavy atom. The van der Waals surface area contributed by atoms with Gasteiger partial charge in [-0.15, -0.1) is 0 Å². The number of nitrogens with one attached hydrogen (secondary N) is 1. The number of rotatable bonds is 7. The van der Waals surface area contributed by atoms with Gasteiger partial charge < -0.3 is 4.90 Å². The van der Waals surface area contributed by atoms with E-state index in [2.05, 4.69) is 65.2 Å². The maximum absolute atomic E-state index is 12.1. The summed E-state index contributed by atoms with van der Waals surface area (Å²) in [6, 6.07) is 22.3. The van der Waals surface area contributed by atoms with Crippen molar-refractivity contribution in [3.05, 3.63) is 71.8 Å². The van der Waals surface area contributed by atoms with Crippen molar-refractivity contribution >= 4 is 10.0 Å². The fraction of sp³-hybridized carbons (Fsp3) is 0.500. The highest BCUT2D eigenvalue weighted by atomic mass is 32.2. The largest absolute Gasteiger partial charge is 0.300 e. The maximum Gasteiger partial charge on any atom is 0.208 e. The van der Waals surface area contributed by atoms with Gasteiger partial charge in [0.15, 0.2) is 0 Å². The molecule has 4 rings (SSSR count). The number of hydrogen-bond donors (Lipinski definition) is 1. The fourth-order valence-electron chi connectivity index (χ4n) is 5.63. The van der Waals surface area contributed by atoms with E-state index in [1.807, 2.05) is 12.1 Å². The van der Waals surface area contributed by atoms with Gasteiger partial charge in [0.05, 0.1) is 6.26 Å². The van der Waals surface area contributed by atoms with Crippen LogP contribution in [0.3, 0.4) is 0 Å². The van der Waals surface area contributed by atoms with E-state index in [9.17, 15) is 8.42 Å². The summed E-state index contributed by atoms with van der Waals surface area (Å²) < 4.78 is 27.0. The van der Waals surface area contributed by atoms with Gasteiger partial charge in [-0.3, -0.25) is 0 Å². The van der Waals surface area contributed by atoms with Gasteiger partial charge in [-0.25, -0.2) is 13.1 Å². The Morgan fingerprint density at radius 1 is 0.931 bits per heavy atom. The van der Waals surface area contributed by atoms with Crippen LogP contribution in [0.15, 0.2) is 60.7 Å². The summed E-state index contributed by atoms with van der Waals surface area (Å²) >= 11 is 0. The number of nitrogens with zero attached hydrogens (tertiary/aromatic N) is 1. The fourth-order valence-corrected chi connectivity index (χ4v) is 6.14. The third-order valence-corrected chi connectivity index (χ3v) is 7.79. The van der Waals surface area contributed by atoms with Gasteiger partial charge in [0.25, 0.3) is 0 Å². The van der Waals surface area contributed by atoms with Crippen LogP contribution in [0.1, 0.15) is 43.2 Å². The van der Waals surface area contributed by atoms with E-state index in [1.165, 1.54) is 43.1 Å². The Morgan fingerprint density at radius 2 is 1.41 bits per heavy atom. The van der Waals surface area contributed by atoms with Gasteiger partial charge in [0, 0.05) is 24.0 Å². The molecule has 2 bridgehead atoms. The molecule has 2 aromatic rings. The maximum atomic E-state index is 12.1. The molecule has 29 heavy (non-hydrogen) atoms. The predicted molar refractivity (Wildman–Crippen MR) is 118 cm³/mol. The molecule has 2 aliphatic rings. The molecule has 4 nitrogen and oxygen atoms in total. The zero-order valence-corrected chi connectivity index (χ0v) is 18.2. The van der Waals surface area contributed by atoms with Crippen molar-refractivity contribution in [3.8, 4) is 0 Å². The Balaban J connectivity index is 1.74. The van der Waals surface area contributed by atoms with Crippen molar-refractivity contribution in [2.24, 2.45) is 5.92 Å². The quantitative estimate of drug-likeness (QED) is 0.753. The predicted octanol–water partition coefficient (Wildman–Crippen LogP) is 3.78. The van der Waals surface area contributed by atoms with Crippen LogP contribution < -0.4 is 4.72 Å². The van der Waals surface area contributed by atoms with E-state index in [4.69, 9.17) is 0 Å². The van der Waals surface area contributed by atoms with E-state index >= 15 is 0 Å². The summed E-state index contributed by atoms with van der Waals surface area (Å²) in [5, 5.41) is 0. The van der Waals surface area contributed by atoms with Crippen LogP contribution in [0.4, 0.5) is 0 Å². The summed E-state index contributed by atoms with van der Waals surface area (Å²) in [7, 11) is -1.02. The molecule has 2 aromatic carbocycles. The first-order valence-electron chi connectivity index (χ1n) is 10.6.